The Morgan fingerprint density at radius 2 is 2.00 bits per heavy atom. The van der Waals surface area contributed by atoms with Crippen molar-refractivity contribution in [2.75, 3.05) is 7.11 Å². The molecule has 1 N–H and O–H groups in total. The lowest BCUT2D eigenvalue weighted by Crippen LogP contribution is -2.03. The summed E-state index contributed by atoms with van der Waals surface area (Å²) >= 11 is 3.37. The Kier molecular flexibility index (Phi) is 4.56. The largest absolute Gasteiger partial charge is 0.496 e. The SMILES string of the molecule is COc1ccc(C(O)Cc2ccccc2F)cc1Br. The van der Waals surface area contributed by atoms with Crippen LogP contribution in [0.2, 0.25) is 0 Å². The van der Waals surface area contributed by atoms with Crippen LogP contribution < -0.4 is 4.74 Å². The van der Waals surface area contributed by atoms with E-state index in [1.54, 1.807) is 43.5 Å². The van der Waals surface area contributed by atoms with Gasteiger partial charge in [-0.15, -0.1) is 0 Å². The fourth-order valence-electron chi connectivity index (χ4n) is 1.88. The van der Waals surface area contributed by atoms with E-state index in [9.17, 15) is 9.50 Å². The molecule has 1 atom stereocenters. The quantitative estimate of drug-likeness (QED) is 0.925. The molecule has 0 fully saturated rings. The number of methoxy groups -OCH3 is 1. The second-order valence-corrected chi connectivity index (χ2v) is 5.06. The van der Waals surface area contributed by atoms with Crippen LogP contribution in [0.3, 0.4) is 0 Å². The van der Waals surface area contributed by atoms with E-state index in [-0.39, 0.29) is 12.2 Å². The molecule has 0 bridgehead atoms. The minimum Gasteiger partial charge on any atom is -0.496 e. The number of halogens is 2. The Labute approximate surface area is 120 Å². The third-order valence-electron chi connectivity index (χ3n) is 2.93. The van der Waals surface area contributed by atoms with E-state index < -0.39 is 6.10 Å². The molecule has 0 radical (unpaired) electrons. The fourth-order valence-corrected chi connectivity index (χ4v) is 2.44. The molecule has 0 spiro atoms. The van der Waals surface area contributed by atoms with Gasteiger partial charge in [-0.3, -0.25) is 0 Å². The number of hydrogen-bond acceptors (Lipinski definition) is 2. The number of aliphatic hydroxyl groups is 1. The van der Waals surface area contributed by atoms with Gasteiger partial charge in [0.2, 0.25) is 0 Å². The Balaban J connectivity index is 2.18. The molecule has 4 heteroatoms. The fraction of sp³-hybridized carbons (Fsp3) is 0.200. The molecule has 0 aliphatic carbocycles. The predicted molar refractivity (Wildman–Crippen MR) is 75.8 cm³/mol. The first-order valence-corrected chi connectivity index (χ1v) is 6.66. The van der Waals surface area contributed by atoms with Gasteiger partial charge in [0, 0.05) is 6.42 Å². The van der Waals surface area contributed by atoms with Crippen LogP contribution in [0.25, 0.3) is 0 Å². The van der Waals surface area contributed by atoms with Crippen LogP contribution in [0.5, 0.6) is 5.75 Å². The van der Waals surface area contributed by atoms with Gasteiger partial charge in [0.15, 0.2) is 0 Å². The number of ether oxygens (including phenoxy) is 1. The molecule has 19 heavy (non-hydrogen) atoms. The Hall–Kier alpha value is -1.39. The van der Waals surface area contributed by atoms with Crippen molar-refractivity contribution in [2.45, 2.75) is 12.5 Å². The number of aliphatic hydroxyl groups excluding tert-OH is 1. The summed E-state index contributed by atoms with van der Waals surface area (Å²) in [5.41, 5.74) is 1.22. The van der Waals surface area contributed by atoms with Crippen molar-refractivity contribution < 1.29 is 14.2 Å². The molecule has 2 nitrogen and oxygen atoms in total. The van der Waals surface area contributed by atoms with E-state index in [0.29, 0.717) is 11.3 Å². The first-order valence-electron chi connectivity index (χ1n) is 5.86. The van der Waals surface area contributed by atoms with Crippen molar-refractivity contribution in [3.05, 3.63) is 63.9 Å². The maximum Gasteiger partial charge on any atom is 0.133 e. The first-order chi connectivity index (χ1) is 9.11. The Morgan fingerprint density at radius 3 is 2.63 bits per heavy atom. The van der Waals surface area contributed by atoms with E-state index in [4.69, 9.17) is 4.74 Å². The Bertz CT molecular complexity index is 572. The summed E-state index contributed by atoms with van der Waals surface area (Å²) in [6.07, 6.45) is -0.509. The van der Waals surface area contributed by atoms with E-state index in [0.717, 1.165) is 10.0 Å². The molecule has 2 rings (SSSR count). The van der Waals surface area contributed by atoms with Gasteiger partial charge in [0.1, 0.15) is 11.6 Å². The van der Waals surface area contributed by atoms with Gasteiger partial charge in [-0.1, -0.05) is 24.3 Å². The number of benzene rings is 2. The van der Waals surface area contributed by atoms with Gasteiger partial charge >= 0.3 is 0 Å². The van der Waals surface area contributed by atoms with E-state index in [1.807, 2.05) is 0 Å². The zero-order valence-electron chi connectivity index (χ0n) is 10.4. The van der Waals surface area contributed by atoms with Gasteiger partial charge in [-0.05, 0) is 45.3 Å². The lowest BCUT2D eigenvalue weighted by molar-refractivity contribution is 0.177. The van der Waals surface area contributed by atoms with Crippen molar-refractivity contribution >= 4 is 15.9 Å². The van der Waals surface area contributed by atoms with E-state index in [1.165, 1.54) is 6.07 Å². The topological polar surface area (TPSA) is 29.5 Å². The third kappa shape index (κ3) is 3.33. The third-order valence-corrected chi connectivity index (χ3v) is 3.55. The molecule has 2 aromatic rings. The van der Waals surface area contributed by atoms with Crippen molar-refractivity contribution in [1.29, 1.82) is 0 Å². The smallest absolute Gasteiger partial charge is 0.133 e. The molecular formula is C15H14BrFO2. The van der Waals surface area contributed by atoms with Gasteiger partial charge in [0.25, 0.3) is 0 Å². The van der Waals surface area contributed by atoms with Crippen LogP contribution >= 0.6 is 15.9 Å². The highest BCUT2D eigenvalue weighted by Crippen LogP contribution is 2.29. The Morgan fingerprint density at radius 1 is 1.26 bits per heavy atom. The molecule has 0 amide bonds. The molecular weight excluding hydrogens is 311 g/mol. The average Bonchev–Trinajstić information content (AvgIpc) is 2.41. The summed E-state index contributed by atoms with van der Waals surface area (Å²) < 4.78 is 19.4. The maximum atomic E-state index is 13.5. The minimum atomic E-state index is -0.751. The molecule has 0 heterocycles. The highest BCUT2D eigenvalue weighted by Gasteiger charge is 2.13. The summed E-state index contributed by atoms with van der Waals surface area (Å²) in [6, 6.07) is 11.8. The van der Waals surface area contributed by atoms with E-state index in [2.05, 4.69) is 15.9 Å². The van der Waals surface area contributed by atoms with Gasteiger partial charge in [0.05, 0.1) is 17.7 Å². The van der Waals surface area contributed by atoms with Crippen molar-refractivity contribution in [3.63, 3.8) is 0 Å². The molecule has 100 valence electrons. The lowest BCUT2D eigenvalue weighted by atomic mass is 10.0. The van der Waals surface area contributed by atoms with Crippen molar-refractivity contribution in [2.24, 2.45) is 0 Å². The number of rotatable bonds is 4. The van der Waals surface area contributed by atoms with Gasteiger partial charge < -0.3 is 9.84 Å². The van der Waals surface area contributed by atoms with Crippen molar-refractivity contribution in [3.8, 4) is 5.75 Å². The van der Waals surface area contributed by atoms with Crippen LogP contribution in [0, 0.1) is 5.82 Å². The predicted octanol–water partition coefficient (Wildman–Crippen LogP) is 3.87. The molecule has 0 saturated heterocycles. The minimum absolute atomic E-state index is 0.242. The summed E-state index contributed by atoms with van der Waals surface area (Å²) in [5, 5.41) is 10.2. The standard InChI is InChI=1S/C15H14BrFO2/c1-19-15-7-6-11(8-12(15)16)14(18)9-10-4-2-3-5-13(10)17/h2-8,14,18H,9H2,1H3. The van der Waals surface area contributed by atoms with Crippen molar-refractivity contribution in [1.82, 2.24) is 0 Å². The molecule has 0 aliphatic rings. The number of hydrogen-bond donors (Lipinski definition) is 1. The zero-order chi connectivity index (χ0) is 13.8. The molecule has 0 saturated carbocycles. The average molecular weight is 325 g/mol. The van der Waals surface area contributed by atoms with Crippen LogP contribution in [-0.2, 0) is 6.42 Å². The van der Waals surface area contributed by atoms with Crippen LogP contribution in [0.1, 0.15) is 17.2 Å². The molecule has 0 aromatic heterocycles. The lowest BCUT2D eigenvalue weighted by Gasteiger charge is -2.13. The van der Waals surface area contributed by atoms with Crippen LogP contribution in [0.4, 0.5) is 4.39 Å². The van der Waals surface area contributed by atoms with E-state index >= 15 is 0 Å². The summed E-state index contributed by atoms with van der Waals surface area (Å²) in [6.45, 7) is 0. The molecule has 2 aromatic carbocycles. The van der Waals surface area contributed by atoms with Crippen LogP contribution in [0.15, 0.2) is 46.9 Å². The molecule has 1 unspecified atom stereocenters. The van der Waals surface area contributed by atoms with Crippen LogP contribution in [-0.4, -0.2) is 12.2 Å². The molecule has 0 aliphatic heterocycles. The zero-order valence-corrected chi connectivity index (χ0v) is 12.0. The monoisotopic (exact) mass is 324 g/mol. The normalized spacial score (nSPS) is 12.2. The van der Waals surface area contributed by atoms with Gasteiger partial charge in [-0.2, -0.15) is 0 Å². The highest BCUT2D eigenvalue weighted by atomic mass is 79.9. The first kappa shape index (κ1) is 14.0. The maximum absolute atomic E-state index is 13.5. The highest BCUT2D eigenvalue weighted by molar-refractivity contribution is 9.10. The summed E-state index contributed by atoms with van der Waals surface area (Å²) in [7, 11) is 1.58. The second kappa shape index (κ2) is 6.17. The second-order valence-electron chi connectivity index (χ2n) is 4.21. The summed E-state index contributed by atoms with van der Waals surface area (Å²) in [4.78, 5) is 0. The summed E-state index contributed by atoms with van der Waals surface area (Å²) in [5.74, 6) is 0.399. The van der Waals surface area contributed by atoms with Gasteiger partial charge in [-0.25, -0.2) is 4.39 Å².